The third-order valence-electron chi connectivity index (χ3n) is 8.14. The Hall–Kier alpha value is -2.33. The molecule has 0 aliphatic carbocycles. The molecule has 0 spiro atoms. The van der Waals surface area contributed by atoms with E-state index >= 15 is 0 Å². The van der Waals surface area contributed by atoms with Crippen molar-refractivity contribution < 1.29 is 47.8 Å². The first-order valence-corrected chi connectivity index (χ1v) is 21.7. The zero-order valence-corrected chi connectivity index (χ0v) is 33.9. The van der Waals surface area contributed by atoms with E-state index in [0.717, 1.165) is 96.3 Å². The van der Waals surface area contributed by atoms with Gasteiger partial charge in [0, 0.05) is 12.8 Å². The molecule has 0 amide bonds. The summed E-state index contributed by atoms with van der Waals surface area (Å²) in [5.41, 5.74) is 0. The molecule has 0 bridgehead atoms. The largest absolute Gasteiger partial charge is 0.472 e. The number of aliphatic hydroxyl groups excluding tert-OH is 2. The summed E-state index contributed by atoms with van der Waals surface area (Å²) in [6.45, 7) is 2.16. The van der Waals surface area contributed by atoms with Gasteiger partial charge >= 0.3 is 19.8 Å². The molecule has 0 fully saturated rings. The summed E-state index contributed by atoms with van der Waals surface area (Å²) in [5.74, 6) is -0.959. The van der Waals surface area contributed by atoms with Crippen LogP contribution in [0.4, 0.5) is 0 Å². The van der Waals surface area contributed by atoms with Crippen molar-refractivity contribution in [3.8, 4) is 0 Å². The Balaban J connectivity index is 4.37. The van der Waals surface area contributed by atoms with Crippen LogP contribution in [-0.4, -0.2) is 65.7 Å². The monoisotopic (exact) mass is 768 g/mol. The number of rotatable bonds is 37. The van der Waals surface area contributed by atoms with Crippen LogP contribution in [0.15, 0.2) is 60.8 Å². The summed E-state index contributed by atoms with van der Waals surface area (Å²) in [5, 5.41) is 18.3. The minimum atomic E-state index is -4.62. The number of carbonyl (C=O) groups is 2. The molecule has 3 unspecified atom stereocenters. The van der Waals surface area contributed by atoms with Crippen LogP contribution in [0.5, 0.6) is 0 Å². The van der Waals surface area contributed by atoms with Crippen LogP contribution in [0.2, 0.25) is 0 Å². The lowest BCUT2D eigenvalue weighted by molar-refractivity contribution is -0.161. The van der Waals surface area contributed by atoms with Gasteiger partial charge in [-0.3, -0.25) is 18.6 Å². The molecule has 53 heavy (non-hydrogen) atoms. The third-order valence-corrected chi connectivity index (χ3v) is 9.09. The second-order valence-electron chi connectivity index (χ2n) is 13.3. The Labute approximate surface area is 321 Å². The van der Waals surface area contributed by atoms with Gasteiger partial charge in [0.2, 0.25) is 0 Å². The summed E-state index contributed by atoms with van der Waals surface area (Å²) in [6, 6.07) is 0. The van der Waals surface area contributed by atoms with E-state index in [-0.39, 0.29) is 19.4 Å². The Bertz CT molecular complexity index is 1070. The van der Waals surface area contributed by atoms with Crippen molar-refractivity contribution in [1.29, 1.82) is 0 Å². The fourth-order valence-electron chi connectivity index (χ4n) is 5.04. The smallest absolute Gasteiger partial charge is 0.462 e. The Morgan fingerprint density at radius 3 is 1.57 bits per heavy atom. The number of carbonyl (C=O) groups excluding carboxylic acids is 2. The van der Waals surface area contributed by atoms with Crippen LogP contribution in [0, 0.1) is 0 Å². The average Bonchev–Trinajstić information content (AvgIpc) is 3.14. The molecule has 0 radical (unpaired) electrons. The van der Waals surface area contributed by atoms with E-state index in [4.69, 9.17) is 19.1 Å². The van der Waals surface area contributed by atoms with Crippen LogP contribution in [0.1, 0.15) is 155 Å². The summed E-state index contributed by atoms with van der Waals surface area (Å²) in [7, 11) is -4.62. The van der Waals surface area contributed by atoms with Gasteiger partial charge in [0.05, 0.1) is 19.8 Å². The van der Waals surface area contributed by atoms with Gasteiger partial charge in [0.25, 0.3) is 0 Å². The number of phosphoric acid groups is 1. The molecule has 0 rings (SSSR count). The van der Waals surface area contributed by atoms with E-state index in [2.05, 4.69) is 79.1 Å². The molecule has 10 nitrogen and oxygen atoms in total. The number of esters is 2. The van der Waals surface area contributed by atoms with Crippen LogP contribution < -0.4 is 0 Å². The Morgan fingerprint density at radius 1 is 0.585 bits per heavy atom. The third kappa shape index (κ3) is 37.8. The van der Waals surface area contributed by atoms with E-state index in [9.17, 15) is 24.2 Å². The van der Waals surface area contributed by atoms with Gasteiger partial charge in [-0.05, 0) is 70.6 Å². The van der Waals surface area contributed by atoms with Crippen molar-refractivity contribution in [2.75, 3.05) is 26.4 Å². The predicted molar refractivity (Wildman–Crippen MR) is 214 cm³/mol. The molecule has 306 valence electrons. The summed E-state index contributed by atoms with van der Waals surface area (Å²) in [4.78, 5) is 34.9. The minimum Gasteiger partial charge on any atom is -0.462 e. The minimum absolute atomic E-state index is 0.167. The van der Waals surface area contributed by atoms with Crippen LogP contribution in [0.25, 0.3) is 0 Å². The molecule has 0 heterocycles. The standard InChI is InChI=1S/C42H73O10P/c1-3-5-7-9-11-13-15-17-18-19-20-22-24-26-28-30-32-34-42(46)52-40(38-51-53(47,48)50-36-39(44)35-43)37-49-41(45)33-31-29-27-25-23-21-16-14-12-10-8-6-4-2/h5,7-8,10-11,13-14,16-18,39-40,43-44H,3-4,6,9,12,15,19-38H2,1-2H3,(H,47,48)/b7-5-,10-8-,13-11-,16-14-,18-17-. The van der Waals surface area contributed by atoms with Gasteiger partial charge in [0.1, 0.15) is 12.7 Å². The molecule has 0 aromatic rings. The topological polar surface area (TPSA) is 149 Å². The number of phosphoric ester groups is 1. The van der Waals surface area contributed by atoms with Crippen LogP contribution in [-0.2, 0) is 32.7 Å². The van der Waals surface area contributed by atoms with Crippen molar-refractivity contribution in [3.05, 3.63) is 60.8 Å². The fraction of sp³-hybridized carbons (Fsp3) is 0.714. The SMILES string of the molecule is CC/C=C\C/C=C\C/C=C\CCCCCCCCCC(=O)OC(COC(=O)CCCCCCC/C=C\C/C=C\CCC)COP(=O)(O)OCC(O)CO. The zero-order valence-electron chi connectivity index (χ0n) is 33.0. The number of aliphatic hydroxyl groups is 2. The molecule has 0 aliphatic rings. The van der Waals surface area contributed by atoms with Crippen LogP contribution in [0.3, 0.4) is 0 Å². The van der Waals surface area contributed by atoms with Gasteiger partial charge in [-0.1, -0.05) is 132 Å². The second-order valence-corrected chi connectivity index (χ2v) is 14.7. The summed E-state index contributed by atoms with van der Waals surface area (Å²) in [6.07, 6.45) is 40.4. The maximum absolute atomic E-state index is 12.6. The highest BCUT2D eigenvalue weighted by molar-refractivity contribution is 7.47. The van der Waals surface area contributed by atoms with Gasteiger partial charge in [-0.2, -0.15) is 0 Å². The van der Waals surface area contributed by atoms with E-state index in [1.54, 1.807) is 0 Å². The molecule has 11 heteroatoms. The van der Waals surface area contributed by atoms with Crippen molar-refractivity contribution >= 4 is 19.8 Å². The fourth-order valence-corrected chi connectivity index (χ4v) is 5.83. The van der Waals surface area contributed by atoms with Gasteiger partial charge < -0.3 is 24.6 Å². The molecule has 3 N–H and O–H groups in total. The number of ether oxygens (including phenoxy) is 2. The number of unbranched alkanes of at least 4 members (excludes halogenated alkanes) is 13. The Kier molecular flexibility index (Phi) is 36.3. The van der Waals surface area contributed by atoms with Crippen LogP contribution >= 0.6 is 7.82 Å². The molecule has 3 atom stereocenters. The van der Waals surface area contributed by atoms with Gasteiger partial charge in [-0.25, -0.2) is 4.57 Å². The lowest BCUT2D eigenvalue weighted by Gasteiger charge is -2.20. The van der Waals surface area contributed by atoms with Crippen molar-refractivity contribution in [2.24, 2.45) is 0 Å². The zero-order chi connectivity index (χ0) is 39.1. The molecule has 0 aliphatic heterocycles. The highest BCUT2D eigenvalue weighted by Gasteiger charge is 2.27. The molecular weight excluding hydrogens is 695 g/mol. The normalized spacial score (nSPS) is 14.6. The van der Waals surface area contributed by atoms with Gasteiger partial charge in [0.15, 0.2) is 6.10 Å². The van der Waals surface area contributed by atoms with Crippen molar-refractivity contribution in [2.45, 2.75) is 167 Å². The van der Waals surface area contributed by atoms with E-state index in [1.165, 1.54) is 19.3 Å². The Morgan fingerprint density at radius 2 is 1.04 bits per heavy atom. The average molecular weight is 769 g/mol. The number of hydrogen-bond donors (Lipinski definition) is 3. The highest BCUT2D eigenvalue weighted by atomic mass is 31.2. The summed E-state index contributed by atoms with van der Waals surface area (Å²) >= 11 is 0. The molecule has 0 aromatic heterocycles. The second kappa shape index (κ2) is 38.0. The maximum atomic E-state index is 12.6. The molecule has 0 saturated heterocycles. The lowest BCUT2D eigenvalue weighted by atomic mass is 10.1. The molecular formula is C42H73O10P. The first-order valence-electron chi connectivity index (χ1n) is 20.2. The van der Waals surface area contributed by atoms with Crippen molar-refractivity contribution in [1.82, 2.24) is 0 Å². The predicted octanol–water partition coefficient (Wildman–Crippen LogP) is 10.3. The van der Waals surface area contributed by atoms with Crippen molar-refractivity contribution in [3.63, 3.8) is 0 Å². The quantitative estimate of drug-likeness (QED) is 0.0241. The molecule has 0 aromatic carbocycles. The maximum Gasteiger partial charge on any atom is 0.472 e. The molecule has 0 saturated carbocycles. The first kappa shape index (κ1) is 50.7. The van der Waals surface area contributed by atoms with E-state index in [0.29, 0.717) is 12.8 Å². The summed E-state index contributed by atoms with van der Waals surface area (Å²) < 4.78 is 32.6. The first-order chi connectivity index (χ1) is 25.7. The van der Waals surface area contributed by atoms with E-state index in [1.807, 2.05) is 0 Å². The number of hydrogen-bond acceptors (Lipinski definition) is 9. The lowest BCUT2D eigenvalue weighted by Crippen LogP contribution is -2.29. The van der Waals surface area contributed by atoms with E-state index < -0.39 is 51.8 Å². The van der Waals surface area contributed by atoms with Gasteiger partial charge in [-0.15, -0.1) is 0 Å². The highest BCUT2D eigenvalue weighted by Crippen LogP contribution is 2.43. The number of allylic oxidation sites excluding steroid dienone is 10.